The summed E-state index contributed by atoms with van der Waals surface area (Å²) in [5, 5.41) is 1.96. The summed E-state index contributed by atoms with van der Waals surface area (Å²) < 4.78 is 34.6. The average Bonchev–Trinajstić information content (AvgIpc) is 2.99. The Labute approximate surface area is 264 Å². The molecular formula is C35H50O8Si. The minimum absolute atomic E-state index is 0.0200. The van der Waals surface area contributed by atoms with Gasteiger partial charge in [-0.3, -0.25) is 4.79 Å². The lowest BCUT2D eigenvalue weighted by Gasteiger charge is -2.45. The van der Waals surface area contributed by atoms with E-state index in [-0.39, 0.29) is 23.9 Å². The lowest BCUT2D eigenvalue weighted by atomic mass is 10.1. The van der Waals surface area contributed by atoms with E-state index in [0.29, 0.717) is 13.2 Å². The van der Waals surface area contributed by atoms with Crippen LogP contribution in [0.5, 0.6) is 0 Å². The normalized spacial score (nSPS) is 14.4. The number of rotatable bonds is 19. The Hall–Kier alpha value is -3.08. The number of ether oxygens (including phenoxy) is 5. The molecule has 0 fully saturated rings. The third kappa shape index (κ3) is 11.8. The van der Waals surface area contributed by atoms with Crippen molar-refractivity contribution in [2.24, 2.45) is 0 Å². The molecule has 3 atom stereocenters. The summed E-state index contributed by atoms with van der Waals surface area (Å²) in [4.78, 5) is 23.5. The van der Waals surface area contributed by atoms with Crippen molar-refractivity contribution < 1.29 is 37.7 Å². The molecule has 242 valence electrons. The van der Waals surface area contributed by atoms with Crippen LogP contribution in [-0.2, 0) is 37.7 Å². The topological polar surface area (TPSA) is 89.5 Å². The predicted octanol–water partition coefficient (Wildman–Crippen LogP) is 5.34. The minimum atomic E-state index is -3.00. The van der Waals surface area contributed by atoms with Crippen molar-refractivity contribution in [3.63, 3.8) is 0 Å². The molecule has 0 unspecified atom stereocenters. The maximum atomic E-state index is 12.2. The molecule has 0 saturated carbocycles. The second kappa shape index (κ2) is 19.3. The number of esters is 2. The number of methoxy groups -OCH3 is 2. The fourth-order valence-electron chi connectivity index (χ4n) is 5.04. The zero-order valence-electron chi connectivity index (χ0n) is 27.3. The number of allylic oxidation sites excluding steroid dienone is 1. The van der Waals surface area contributed by atoms with Gasteiger partial charge in [0.1, 0.15) is 12.9 Å². The number of hydrogen-bond acceptors (Lipinski definition) is 8. The lowest BCUT2D eigenvalue weighted by Crippen LogP contribution is -2.68. The van der Waals surface area contributed by atoms with E-state index in [1.165, 1.54) is 20.1 Å². The summed E-state index contributed by atoms with van der Waals surface area (Å²) in [5.41, 5.74) is 0. The molecule has 0 bridgehead atoms. The first-order valence-electron chi connectivity index (χ1n) is 15.1. The minimum Gasteiger partial charge on any atom is -0.466 e. The van der Waals surface area contributed by atoms with Gasteiger partial charge in [0.2, 0.25) is 0 Å². The van der Waals surface area contributed by atoms with Crippen molar-refractivity contribution >= 4 is 30.6 Å². The number of benzene rings is 2. The van der Waals surface area contributed by atoms with Crippen LogP contribution in [0, 0.1) is 0 Å². The number of hydrogen-bond donors (Lipinski definition) is 0. The molecule has 0 radical (unpaired) electrons. The Balaban J connectivity index is 2.57. The fourth-order valence-corrected chi connectivity index (χ4v) is 9.67. The van der Waals surface area contributed by atoms with E-state index in [1.807, 2.05) is 49.4 Å². The summed E-state index contributed by atoms with van der Waals surface area (Å²) in [6.45, 7) is 10.7. The number of carbonyl (C=O) groups excluding carboxylic acids is 2. The molecule has 0 N–H and O–H groups in total. The second-order valence-electron chi connectivity index (χ2n) is 11.6. The van der Waals surface area contributed by atoms with E-state index in [4.69, 9.17) is 28.1 Å². The summed E-state index contributed by atoms with van der Waals surface area (Å²) >= 11 is 0. The van der Waals surface area contributed by atoms with Crippen molar-refractivity contribution in [1.29, 1.82) is 0 Å². The maximum Gasteiger partial charge on any atom is 0.330 e. The van der Waals surface area contributed by atoms with Gasteiger partial charge in [0, 0.05) is 20.1 Å². The smallest absolute Gasteiger partial charge is 0.330 e. The third-order valence-corrected chi connectivity index (χ3v) is 12.2. The van der Waals surface area contributed by atoms with E-state index in [2.05, 4.69) is 51.1 Å². The van der Waals surface area contributed by atoms with Crippen LogP contribution in [0.3, 0.4) is 0 Å². The molecule has 0 aliphatic carbocycles. The largest absolute Gasteiger partial charge is 0.466 e. The van der Waals surface area contributed by atoms with Crippen LogP contribution >= 0.6 is 0 Å². The molecule has 2 rings (SSSR count). The highest BCUT2D eigenvalue weighted by molar-refractivity contribution is 6.99. The number of unbranched alkanes of at least 4 members (excludes halogenated alkanes) is 1. The van der Waals surface area contributed by atoms with Crippen LogP contribution in [0.2, 0.25) is 5.04 Å². The summed E-state index contributed by atoms with van der Waals surface area (Å²) in [5.74, 6) is -0.775. The van der Waals surface area contributed by atoms with Gasteiger partial charge in [-0.15, -0.1) is 0 Å². The molecule has 8 nitrogen and oxygen atoms in total. The summed E-state index contributed by atoms with van der Waals surface area (Å²) in [6.07, 6.45) is 7.98. The van der Waals surface area contributed by atoms with Gasteiger partial charge >= 0.3 is 11.9 Å². The van der Waals surface area contributed by atoms with Gasteiger partial charge in [-0.25, -0.2) is 4.79 Å². The molecule has 44 heavy (non-hydrogen) atoms. The molecule has 0 aromatic heterocycles. The van der Waals surface area contributed by atoms with Crippen molar-refractivity contribution in [2.45, 2.75) is 77.2 Å². The Morgan fingerprint density at radius 2 is 1.50 bits per heavy atom. The Morgan fingerprint density at radius 3 is 2.02 bits per heavy atom. The zero-order valence-corrected chi connectivity index (χ0v) is 28.3. The first kappa shape index (κ1) is 37.1. The predicted molar refractivity (Wildman–Crippen MR) is 175 cm³/mol. The summed E-state index contributed by atoms with van der Waals surface area (Å²) in [6, 6.07) is 20.7. The van der Waals surface area contributed by atoms with Crippen LogP contribution in [0.15, 0.2) is 85.0 Å². The molecule has 2 aromatic rings. The van der Waals surface area contributed by atoms with E-state index in [0.717, 1.165) is 29.6 Å². The quantitative estimate of drug-likeness (QED) is 0.0516. The van der Waals surface area contributed by atoms with Gasteiger partial charge < -0.3 is 28.1 Å². The lowest BCUT2D eigenvalue weighted by molar-refractivity contribution is -0.145. The fraction of sp³-hybridized carbons (Fsp3) is 0.486. The standard InChI is InChI=1S/C35H50O8Si/c1-28(42-29(2)36)17-11-8-16-22-33(32(23-24-34(37)39-7)41-27-40-26-25-38-6)43-44(35(3,4)5,30-18-12-9-13-19-30)31-20-14-10-15-21-31/h9-10,12-16,18-24,28,32-33H,8,11,17,25-27H2,1-7H3/b22-16+,24-23+/t28-,32+,33+/m0/s1. The van der Waals surface area contributed by atoms with Crippen LogP contribution < -0.4 is 10.4 Å². The van der Waals surface area contributed by atoms with Crippen LogP contribution in [0.25, 0.3) is 0 Å². The molecule has 0 saturated heterocycles. The van der Waals surface area contributed by atoms with E-state index in [9.17, 15) is 9.59 Å². The zero-order chi connectivity index (χ0) is 32.4. The average molecular weight is 627 g/mol. The molecule has 0 amide bonds. The van der Waals surface area contributed by atoms with E-state index < -0.39 is 26.5 Å². The molecule has 0 aliphatic rings. The molecule has 0 spiro atoms. The Kier molecular flexibility index (Phi) is 16.3. The van der Waals surface area contributed by atoms with E-state index in [1.54, 1.807) is 13.2 Å². The van der Waals surface area contributed by atoms with Crippen molar-refractivity contribution in [1.82, 2.24) is 0 Å². The maximum absolute atomic E-state index is 12.2. The van der Waals surface area contributed by atoms with Gasteiger partial charge in [0.25, 0.3) is 8.32 Å². The number of carbonyl (C=O) groups is 2. The highest BCUT2D eigenvalue weighted by Crippen LogP contribution is 2.38. The van der Waals surface area contributed by atoms with Crippen LogP contribution in [0.1, 0.15) is 53.9 Å². The van der Waals surface area contributed by atoms with Crippen LogP contribution in [-0.4, -0.2) is 72.8 Å². The molecule has 0 aliphatic heterocycles. The van der Waals surface area contributed by atoms with Gasteiger partial charge in [-0.2, -0.15) is 0 Å². The summed E-state index contributed by atoms with van der Waals surface area (Å²) in [7, 11) is -0.0587. The Bertz CT molecular complexity index is 1120. The van der Waals surface area contributed by atoms with Crippen molar-refractivity contribution in [2.75, 3.05) is 34.2 Å². The highest BCUT2D eigenvalue weighted by Gasteiger charge is 2.52. The molecular weight excluding hydrogens is 576 g/mol. The molecule has 9 heteroatoms. The van der Waals surface area contributed by atoms with E-state index >= 15 is 0 Å². The van der Waals surface area contributed by atoms with Gasteiger partial charge in [-0.05, 0) is 47.7 Å². The highest BCUT2D eigenvalue weighted by atomic mass is 28.4. The van der Waals surface area contributed by atoms with Gasteiger partial charge in [0.05, 0.1) is 32.5 Å². The van der Waals surface area contributed by atoms with Crippen molar-refractivity contribution in [3.05, 3.63) is 85.0 Å². The first-order valence-corrected chi connectivity index (χ1v) is 17.0. The second-order valence-corrected chi connectivity index (χ2v) is 15.8. The molecule has 2 aromatic carbocycles. The first-order chi connectivity index (χ1) is 21.0. The van der Waals surface area contributed by atoms with Crippen LogP contribution in [0.4, 0.5) is 0 Å². The van der Waals surface area contributed by atoms with Gasteiger partial charge in [-0.1, -0.05) is 93.6 Å². The molecule has 0 heterocycles. The third-order valence-electron chi connectivity index (χ3n) is 7.13. The van der Waals surface area contributed by atoms with Crippen molar-refractivity contribution in [3.8, 4) is 0 Å². The SMILES string of the molecule is COCCOCO[C@H](/C=C/C(=O)OC)[C@@H](/C=C/CCC[C@H](C)OC(C)=O)O[Si](c1ccccc1)(c1ccccc1)C(C)(C)C. The monoisotopic (exact) mass is 626 g/mol. The van der Waals surface area contributed by atoms with Gasteiger partial charge in [0.15, 0.2) is 0 Å². The Morgan fingerprint density at radius 1 is 0.886 bits per heavy atom.